The van der Waals surface area contributed by atoms with Gasteiger partial charge in [0.2, 0.25) is 0 Å². The molecule has 0 amide bonds. The van der Waals surface area contributed by atoms with Gasteiger partial charge in [-0.1, -0.05) is 0 Å². The molecule has 1 atom stereocenters. The van der Waals surface area contributed by atoms with Crippen molar-refractivity contribution in [3.8, 4) is 5.75 Å². The van der Waals surface area contributed by atoms with E-state index in [2.05, 4.69) is 9.88 Å². The summed E-state index contributed by atoms with van der Waals surface area (Å²) in [5.41, 5.74) is 2.07. The Kier molecular flexibility index (Phi) is 4.62. The minimum atomic E-state index is -0.971. The Labute approximate surface area is 120 Å². The van der Waals surface area contributed by atoms with Crippen LogP contribution in [0.5, 0.6) is 5.75 Å². The molecule has 1 aliphatic rings. The van der Waals surface area contributed by atoms with E-state index >= 15 is 0 Å². The van der Waals surface area contributed by atoms with Crippen molar-refractivity contribution in [2.45, 2.75) is 38.8 Å². The number of piperidine rings is 1. The molecule has 20 heavy (non-hydrogen) atoms. The molecule has 112 valence electrons. The molecule has 0 radical (unpaired) electrons. The first-order valence-electron chi connectivity index (χ1n) is 7.04. The van der Waals surface area contributed by atoms with Crippen molar-refractivity contribution in [3.05, 3.63) is 23.0 Å². The van der Waals surface area contributed by atoms with E-state index in [9.17, 15) is 10.2 Å². The lowest BCUT2D eigenvalue weighted by molar-refractivity contribution is -0.0689. The van der Waals surface area contributed by atoms with Gasteiger partial charge in [-0.25, -0.2) is 0 Å². The fraction of sp³-hybridized carbons (Fsp3) is 0.667. The maximum absolute atomic E-state index is 10.2. The minimum absolute atomic E-state index is 0.187. The van der Waals surface area contributed by atoms with Crippen LogP contribution in [0.4, 0.5) is 0 Å². The van der Waals surface area contributed by atoms with E-state index in [1.54, 1.807) is 7.11 Å². The highest BCUT2D eigenvalue weighted by molar-refractivity contribution is 5.41. The van der Waals surface area contributed by atoms with Crippen molar-refractivity contribution in [2.24, 2.45) is 0 Å². The highest BCUT2D eigenvalue weighted by Crippen LogP contribution is 2.27. The predicted molar refractivity (Wildman–Crippen MR) is 76.8 cm³/mol. The van der Waals surface area contributed by atoms with Crippen molar-refractivity contribution in [1.82, 2.24) is 9.88 Å². The molecule has 0 bridgehead atoms. The number of hydrogen-bond donors (Lipinski definition) is 2. The Morgan fingerprint density at radius 3 is 2.85 bits per heavy atom. The van der Waals surface area contributed by atoms with Crippen LogP contribution in [0.2, 0.25) is 0 Å². The second kappa shape index (κ2) is 6.08. The van der Waals surface area contributed by atoms with Crippen LogP contribution in [0.1, 0.15) is 29.7 Å². The number of aliphatic hydroxyl groups is 2. The maximum atomic E-state index is 10.2. The summed E-state index contributed by atoms with van der Waals surface area (Å²) in [6.45, 7) is 5.88. The topological polar surface area (TPSA) is 65.8 Å². The molecule has 0 saturated carbocycles. The number of aromatic nitrogens is 1. The summed E-state index contributed by atoms with van der Waals surface area (Å²) < 4.78 is 5.42. The summed E-state index contributed by atoms with van der Waals surface area (Å²) in [5.74, 6) is 0.879. The molecule has 1 aromatic rings. The van der Waals surface area contributed by atoms with Gasteiger partial charge in [-0.3, -0.25) is 9.88 Å². The van der Waals surface area contributed by atoms with Gasteiger partial charge in [0, 0.05) is 30.4 Å². The number of pyridine rings is 1. The molecule has 0 aromatic carbocycles. The molecule has 2 heterocycles. The summed E-state index contributed by atoms with van der Waals surface area (Å²) >= 11 is 0. The maximum Gasteiger partial charge on any atom is 0.128 e. The lowest BCUT2D eigenvalue weighted by Gasteiger charge is -2.38. The van der Waals surface area contributed by atoms with Crippen molar-refractivity contribution in [1.29, 1.82) is 0 Å². The summed E-state index contributed by atoms with van der Waals surface area (Å²) in [6.07, 6.45) is 3.37. The van der Waals surface area contributed by atoms with Crippen LogP contribution in [0, 0.1) is 13.8 Å². The normalized spacial score (nSPS) is 23.9. The van der Waals surface area contributed by atoms with Gasteiger partial charge >= 0.3 is 0 Å². The second-order valence-corrected chi connectivity index (χ2v) is 5.74. The molecular weight excluding hydrogens is 256 g/mol. The van der Waals surface area contributed by atoms with Crippen molar-refractivity contribution in [2.75, 3.05) is 26.8 Å². The van der Waals surface area contributed by atoms with E-state index in [1.807, 2.05) is 20.0 Å². The smallest absolute Gasteiger partial charge is 0.128 e. The largest absolute Gasteiger partial charge is 0.496 e. The summed E-state index contributed by atoms with van der Waals surface area (Å²) in [6, 6.07) is 0. The molecule has 0 aliphatic carbocycles. The van der Waals surface area contributed by atoms with Crippen LogP contribution in [0.15, 0.2) is 6.20 Å². The SMILES string of the molecule is COc1c(C)cnc(CN2CCCC(O)(CO)C2)c1C. The number of hydrogen-bond acceptors (Lipinski definition) is 5. The van der Waals surface area contributed by atoms with Gasteiger partial charge in [0.05, 0.1) is 19.4 Å². The minimum Gasteiger partial charge on any atom is -0.496 e. The van der Waals surface area contributed by atoms with Gasteiger partial charge in [0.15, 0.2) is 0 Å². The predicted octanol–water partition coefficient (Wildman–Crippen LogP) is 1.03. The molecule has 1 fully saturated rings. The summed E-state index contributed by atoms with van der Waals surface area (Å²) in [7, 11) is 1.67. The van der Waals surface area contributed by atoms with Gasteiger partial charge in [-0.15, -0.1) is 0 Å². The Hall–Kier alpha value is -1.17. The number of rotatable bonds is 4. The van der Waals surface area contributed by atoms with Crippen LogP contribution < -0.4 is 4.74 Å². The van der Waals surface area contributed by atoms with Crippen LogP contribution >= 0.6 is 0 Å². The van der Waals surface area contributed by atoms with Gasteiger partial charge in [0.25, 0.3) is 0 Å². The van der Waals surface area contributed by atoms with E-state index in [0.29, 0.717) is 19.5 Å². The number of aliphatic hydroxyl groups excluding tert-OH is 1. The Balaban J connectivity index is 2.14. The third kappa shape index (κ3) is 3.11. The molecule has 1 saturated heterocycles. The van der Waals surface area contributed by atoms with E-state index in [-0.39, 0.29) is 6.61 Å². The molecule has 5 heteroatoms. The third-order valence-corrected chi connectivity index (χ3v) is 4.05. The van der Waals surface area contributed by atoms with Gasteiger partial charge < -0.3 is 14.9 Å². The summed E-state index contributed by atoms with van der Waals surface area (Å²) in [5, 5.41) is 19.5. The van der Waals surface area contributed by atoms with E-state index in [4.69, 9.17) is 4.74 Å². The first-order chi connectivity index (χ1) is 9.49. The summed E-state index contributed by atoms with van der Waals surface area (Å²) in [4.78, 5) is 6.63. The quantitative estimate of drug-likeness (QED) is 0.862. The highest BCUT2D eigenvalue weighted by atomic mass is 16.5. The lowest BCUT2D eigenvalue weighted by atomic mass is 9.93. The second-order valence-electron chi connectivity index (χ2n) is 5.74. The molecule has 5 nitrogen and oxygen atoms in total. The zero-order valence-corrected chi connectivity index (χ0v) is 12.5. The zero-order valence-electron chi connectivity index (χ0n) is 12.5. The number of β-amino-alcohol motifs (C(OH)–C–C–N with tert-alkyl or cyclic N) is 1. The van der Waals surface area contributed by atoms with Crippen molar-refractivity contribution < 1.29 is 14.9 Å². The fourth-order valence-corrected chi connectivity index (χ4v) is 2.91. The van der Waals surface area contributed by atoms with E-state index in [0.717, 1.165) is 35.5 Å². The van der Waals surface area contributed by atoms with Gasteiger partial charge in [-0.2, -0.15) is 0 Å². The Morgan fingerprint density at radius 1 is 1.45 bits per heavy atom. The number of nitrogens with zero attached hydrogens (tertiary/aromatic N) is 2. The molecule has 2 rings (SSSR count). The van der Waals surface area contributed by atoms with E-state index < -0.39 is 5.60 Å². The van der Waals surface area contributed by atoms with Crippen LogP contribution in [0.25, 0.3) is 0 Å². The standard InChI is InChI=1S/C15H24N2O3/c1-11-7-16-13(12(2)14(11)20-3)8-17-6-4-5-15(19,9-17)10-18/h7,18-19H,4-6,8-10H2,1-3H3. The van der Waals surface area contributed by atoms with Crippen molar-refractivity contribution >= 4 is 0 Å². The lowest BCUT2D eigenvalue weighted by Crippen LogP contribution is -2.50. The van der Waals surface area contributed by atoms with E-state index in [1.165, 1.54) is 0 Å². The molecule has 1 aliphatic heterocycles. The Morgan fingerprint density at radius 2 is 2.20 bits per heavy atom. The molecule has 1 unspecified atom stereocenters. The molecule has 1 aromatic heterocycles. The first kappa shape index (κ1) is 15.2. The number of ether oxygens (including phenoxy) is 1. The molecule has 2 N–H and O–H groups in total. The molecule has 0 spiro atoms. The van der Waals surface area contributed by atoms with Crippen molar-refractivity contribution in [3.63, 3.8) is 0 Å². The van der Waals surface area contributed by atoms with Crippen LogP contribution in [-0.4, -0.2) is 52.5 Å². The Bertz CT molecular complexity index is 478. The average Bonchev–Trinajstić information content (AvgIpc) is 2.43. The number of aryl methyl sites for hydroxylation is 1. The highest BCUT2D eigenvalue weighted by Gasteiger charge is 2.32. The van der Waals surface area contributed by atoms with Crippen LogP contribution in [-0.2, 0) is 6.54 Å². The first-order valence-corrected chi connectivity index (χ1v) is 7.04. The third-order valence-electron chi connectivity index (χ3n) is 4.05. The fourth-order valence-electron chi connectivity index (χ4n) is 2.91. The van der Waals surface area contributed by atoms with Crippen LogP contribution in [0.3, 0.4) is 0 Å². The monoisotopic (exact) mass is 280 g/mol. The number of methoxy groups -OCH3 is 1. The average molecular weight is 280 g/mol. The molecular formula is C15H24N2O3. The van der Waals surface area contributed by atoms with Gasteiger partial charge in [0.1, 0.15) is 11.4 Å². The zero-order chi connectivity index (χ0) is 14.8. The number of likely N-dealkylation sites (tertiary alicyclic amines) is 1. The van der Waals surface area contributed by atoms with Gasteiger partial charge in [-0.05, 0) is 33.2 Å².